The summed E-state index contributed by atoms with van der Waals surface area (Å²) in [6, 6.07) is 1.52. The summed E-state index contributed by atoms with van der Waals surface area (Å²) in [5.41, 5.74) is 0. The first kappa shape index (κ1) is 14.9. The highest BCUT2D eigenvalue weighted by atomic mass is 79.9. The smallest absolute Gasteiger partial charge is 0.242 e. The quantitative estimate of drug-likeness (QED) is 0.867. The van der Waals surface area contributed by atoms with Gasteiger partial charge in [-0.05, 0) is 47.2 Å². The average molecular weight is 349 g/mol. The Morgan fingerprint density at radius 1 is 1.42 bits per heavy atom. The molecule has 1 saturated carbocycles. The summed E-state index contributed by atoms with van der Waals surface area (Å²) in [7, 11) is -3.52. The molecule has 1 heterocycles. The molecule has 2 unspecified atom stereocenters. The predicted octanol–water partition coefficient (Wildman–Crippen LogP) is 1.67. The minimum Gasteiger partial charge on any atom is -0.393 e. The Hall–Kier alpha value is -0.500. The second-order valence-corrected chi connectivity index (χ2v) is 7.56. The zero-order chi connectivity index (χ0) is 13.9. The number of aliphatic hydroxyl groups is 1. The Labute approximate surface area is 121 Å². The van der Waals surface area contributed by atoms with E-state index in [2.05, 4.69) is 25.6 Å². The van der Waals surface area contributed by atoms with E-state index in [1.54, 1.807) is 0 Å². The lowest BCUT2D eigenvalue weighted by Crippen LogP contribution is -2.33. The lowest BCUT2D eigenvalue weighted by atomic mass is 9.87. The van der Waals surface area contributed by atoms with Gasteiger partial charge in [0, 0.05) is 23.4 Å². The molecule has 0 aliphatic heterocycles. The van der Waals surface area contributed by atoms with Crippen molar-refractivity contribution in [3.63, 3.8) is 0 Å². The molecule has 0 aromatic carbocycles. The second kappa shape index (κ2) is 6.30. The van der Waals surface area contributed by atoms with Crippen LogP contribution in [-0.2, 0) is 10.0 Å². The highest BCUT2D eigenvalue weighted by Crippen LogP contribution is 2.24. The van der Waals surface area contributed by atoms with Gasteiger partial charge in [0.1, 0.15) is 4.90 Å². The molecule has 1 aromatic rings. The molecule has 5 nitrogen and oxygen atoms in total. The van der Waals surface area contributed by atoms with Gasteiger partial charge in [0.15, 0.2) is 0 Å². The minimum absolute atomic E-state index is 0.151. The Morgan fingerprint density at radius 2 is 2.21 bits per heavy atom. The van der Waals surface area contributed by atoms with Gasteiger partial charge in [-0.15, -0.1) is 0 Å². The highest BCUT2D eigenvalue weighted by molar-refractivity contribution is 9.10. The molecule has 2 rings (SSSR count). The molecule has 0 spiro atoms. The van der Waals surface area contributed by atoms with E-state index in [1.807, 2.05) is 0 Å². The second-order valence-electron chi connectivity index (χ2n) is 4.88. The van der Waals surface area contributed by atoms with Crippen molar-refractivity contribution >= 4 is 26.0 Å². The Kier molecular flexibility index (Phi) is 4.94. The maximum Gasteiger partial charge on any atom is 0.242 e. The maximum atomic E-state index is 12.1. The van der Waals surface area contributed by atoms with Crippen LogP contribution >= 0.6 is 15.9 Å². The minimum atomic E-state index is -3.52. The lowest BCUT2D eigenvalue weighted by Gasteiger charge is -2.25. The topological polar surface area (TPSA) is 79.3 Å². The Morgan fingerprint density at radius 3 is 2.89 bits per heavy atom. The van der Waals surface area contributed by atoms with Crippen LogP contribution in [0.4, 0.5) is 0 Å². The number of nitrogens with zero attached hydrogens (tertiary/aromatic N) is 1. The van der Waals surface area contributed by atoms with E-state index in [-0.39, 0.29) is 16.9 Å². The van der Waals surface area contributed by atoms with Crippen LogP contribution in [-0.4, -0.2) is 31.2 Å². The van der Waals surface area contributed by atoms with Crippen LogP contribution in [0, 0.1) is 5.92 Å². The SMILES string of the molecule is O=S(=O)(NCC1CCCC(O)C1)c1cncc(Br)c1. The summed E-state index contributed by atoms with van der Waals surface area (Å²) in [6.45, 7) is 0.367. The normalized spacial score (nSPS) is 24.3. The number of pyridine rings is 1. The number of rotatable bonds is 4. The third kappa shape index (κ3) is 4.24. The molecule has 0 bridgehead atoms. The molecule has 7 heteroatoms. The van der Waals surface area contributed by atoms with Gasteiger partial charge in [0.05, 0.1) is 6.10 Å². The lowest BCUT2D eigenvalue weighted by molar-refractivity contribution is 0.102. The van der Waals surface area contributed by atoms with Gasteiger partial charge in [-0.1, -0.05) is 6.42 Å². The molecule has 106 valence electrons. The van der Waals surface area contributed by atoms with E-state index in [1.165, 1.54) is 18.5 Å². The average Bonchev–Trinajstić information content (AvgIpc) is 2.37. The number of aliphatic hydroxyl groups excluding tert-OH is 1. The molecular formula is C12H17BrN2O3S. The van der Waals surface area contributed by atoms with Crippen LogP contribution in [0.25, 0.3) is 0 Å². The Balaban J connectivity index is 1.98. The molecule has 1 aliphatic rings. The van der Waals surface area contributed by atoms with Gasteiger partial charge in [-0.25, -0.2) is 13.1 Å². The molecule has 0 radical (unpaired) electrons. The summed E-state index contributed by atoms with van der Waals surface area (Å²) in [5.74, 6) is 0.207. The monoisotopic (exact) mass is 348 g/mol. The standard InChI is InChI=1S/C12H17BrN2O3S/c13-10-5-12(8-14-7-10)19(17,18)15-6-9-2-1-3-11(16)4-9/h5,7-9,11,15-16H,1-4,6H2. The van der Waals surface area contributed by atoms with Gasteiger partial charge in [0.2, 0.25) is 10.0 Å². The van der Waals surface area contributed by atoms with E-state index in [0.29, 0.717) is 17.4 Å². The summed E-state index contributed by atoms with van der Waals surface area (Å²) in [5, 5.41) is 9.57. The summed E-state index contributed by atoms with van der Waals surface area (Å²) in [6.07, 6.45) is 5.95. The summed E-state index contributed by atoms with van der Waals surface area (Å²) < 4.78 is 27.4. The number of sulfonamides is 1. The van der Waals surface area contributed by atoms with Gasteiger partial charge < -0.3 is 5.11 Å². The van der Waals surface area contributed by atoms with Crippen molar-refractivity contribution in [1.29, 1.82) is 0 Å². The molecular weight excluding hydrogens is 332 g/mol. The third-order valence-electron chi connectivity index (χ3n) is 3.31. The number of aromatic nitrogens is 1. The van der Waals surface area contributed by atoms with Crippen molar-refractivity contribution in [3.8, 4) is 0 Å². The first-order valence-corrected chi connectivity index (χ1v) is 8.53. The van der Waals surface area contributed by atoms with Crippen molar-refractivity contribution < 1.29 is 13.5 Å². The molecule has 2 N–H and O–H groups in total. The fourth-order valence-corrected chi connectivity index (χ4v) is 3.92. The number of hydrogen-bond donors (Lipinski definition) is 2. The van der Waals surface area contributed by atoms with Crippen LogP contribution in [0.3, 0.4) is 0 Å². The van der Waals surface area contributed by atoms with Crippen LogP contribution in [0.1, 0.15) is 25.7 Å². The predicted molar refractivity (Wildman–Crippen MR) is 75.1 cm³/mol. The number of halogens is 1. The number of hydrogen-bond acceptors (Lipinski definition) is 4. The van der Waals surface area contributed by atoms with E-state index in [0.717, 1.165) is 19.3 Å². The van der Waals surface area contributed by atoms with Crippen molar-refractivity contribution in [2.75, 3.05) is 6.54 Å². The van der Waals surface area contributed by atoms with Crippen LogP contribution in [0.2, 0.25) is 0 Å². The van der Waals surface area contributed by atoms with E-state index >= 15 is 0 Å². The molecule has 2 atom stereocenters. The van der Waals surface area contributed by atoms with Gasteiger partial charge in [-0.2, -0.15) is 0 Å². The van der Waals surface area contributed by atoms with Crippen molar-refractivity contribution in [2.24, 2.45) is 5.92 Å². The van der Waals surface area contributed by atoms with Crippen molar-refractivity contribution in [1.82, 2.24) is 9.71 Å². The van der Waals surface area contributed by atoms with E-state index < -0.39 is 10.0 Å². The van der Waals surface area contributed by atoms with E-state index in [4.69, 9.17) is 0 Å². The largest absolute Gasteiger partial charge is 0.393 e. The van der Waals surface area contributed by atoms with Crippen LogP contribution in [0.5, 0.6) is 0 Å². The van der Waals surface area contributed by atoms with E-state index in [9.17, 15) is 13.5 Å². The van der Waals surface area contributed by atoms with Gasteiger partial charge in [0.25, 0.3) is 0 Å². The molecule has 0 saturated heterocycles. The summed E-state index contributed by atoms with van der Waals surface area (Å²) >= 11 is 3.20. The van der Waals surface area contributed by atoms with Gasteiger partial charge >= 0.3 is 0 Å². The zero-order valence-electron chi connectivity index (χ0n) is 10.4. The first-order valence-electron chi connectivity index (χ1n) is 6.25. The number of nitrogens with one attached hydrogen (secondary N) is 1. The fraction of sp³-hybridized carbons (Fsp3) is 0.583. The highest BCUT2D eigenvalue weighted by Gasteiger charge is 2.22. The summed E-state index contributed by atoms with van der Waals surface area (Å²) in [4.78, 5) is 4.00. The zero-order valence-corrected chi connectivity index (χ0v) is 12.8. The van der Waals surface area contributed by atoms with Crippen molar-refractivity contribution in [2.45, 2.75) is 36.7 Å². The molecule has 1 fully saturated rings. The first-order chi connectivity index (χ1) is 8.97. The molecule has 0 amide bonds. The molecule has 1 aromatic heterocycles. The maximum absolute atomic E-state index is 12.1. The van der Waals surface area contributed by atoms with Crippen molar-refractivity contribution in [3.05, 3.63) is 22.9 Å². The third-order valence-corrected chi connectivity index (χ3v) is 5.13. The van der Waals surface area contributed by atoms with Crippen LogP contribution in [0.15, 0.2) is 27.8 Å². The van der Waals surface area contributed by atoms with Crippen LogP contribution < -0.4 is 4.72 Å². The fourth-order valence-electron chi connectivity index (χ4n) is 2.30. The molecule has 1 aliphatic carbocycles. The molecule has 19 heavy (non-hydrogen) atoms. The van der Waals surface area contributed by atoms with Gasteiger partial charge in [-0.3, -0.25) is 4.98 Å². The Bertz CT molecular complexity index is 536.